The Morgan fingerprint density at radius 1 is 1.16 bits per heavy atom. The molecule has 1 aromatic rings. The summed E-state index contributed by atoms with van der Waals surface area (Å²) in [6.45, 7) is 7.15. The monoisotopic (exact) mass is 451 g/mol. The molecule has 170 valence electrons. The number of carbonyl (C=O) groups is 2. The van der Waals surface area contributed by atoms with Crippen LogP contribution < -0.4 is 4.74 Å². The first-order chi connectivity index (χ1) is 14.4. The molecule has 2 rings (SSSR count). The summed E-state index contributed by atoms with van der Waals surface area (Å²) in [7, 11) is -3.85. The lowest BCUT2D eigenvalue weighted by molar-refractivity contribution is -0.169. The molecule has 0 bridgehead atoms. The van der Waals surface area contributed by atoms with Crippen LogP contribution in [0.25, 0.3) is 0 Å². The molecule has 1 fully saturated rings. The standard InChI is InChI=1S/C22H29NO7S/c1-5-6-15-29-17-7-9-18(10-8-17)31(27,28)16-22(19(24)30-21(2,3)4)11-13-23(14-12-22)20(25)26/h7-10H,11-16H2,1-4H3,(H,25,26). The number of nitrogens with zero attached hydrogens (tertiary/aromatic N) is 1. The summed E-state index contributed by atoms with van der Waals surface area (Å²) in [4.78, 5) is 25.5. The Kier molecular flexibility index (Phi) is 7.60. The summed E-state index contributed by atoms with van der Waals surface area (Å²) in [5.41, 5.74) is -2.11. The van der Waals surface area contributed by atoms with Crippen molar-refractivity contribution in [3.05, 3.63) is 24.3 Å². The van der Waals surface area contributed by atoms with Gasteiger partial charge in [0.15, 0.2) is 9.84 Å². The minimum absolute atomic E-state index is 0.0602. The predicted molar refractivity (Wildman–Crippen MR) is 115 cm³/mol. The first kappa shape index (κ1) is 24.5. The van der Waals surface area contributed by atoms with Crippen LogP contribution >= 0.6 is 0 Å². The molecule has 0 radical (unpaired) electrons. The zero-order chi connectivity index (χ0) is 23.3. The third kappa shape index (κ3) is 6.62. The summed E-state index contributed by atoms with van der Waals surface area (Å²) in [5, 5.41) is 9.22. The van der Waals surface area contributed by atoms with E-state index >= 15 is 0 Å². The Balaban J connectivity index is 2.27. The number of piperidine rings is 1. The number of likely N-dealkylation sites (tertiary alicyclic amines) is 1. The first-order valence-corrected chi connectivity index (χ1v) is 11.6. The van der Waals surface area contributed by atoms with E-state index in [1.54, 1.807) is 27.7 Å². The second kappa shape index (κ2) is 9.60. The third-order valence-electron chi connectivity index (χ3n) is 4.96. The maximum absolute atomic E-state index is 13.2. The molecule has 0 aliphatic carbocycles. The fourth-order valence-electron chi connectivity index (χ4n) is 3.30. The summed E-state index contributed by atoms with van der Waals surface area (Å²) in [5.74, 6) is 4.87. The van der Waals surface area contributed by atoms with E-state index in [2.05, 4.69) is 11.8 Å². The molecule has 0 aromatic heterocycles. The van der Waals surface area contributed by atoms with Gasteiger partial charge in [0.1, 0.15) is 18.0 Å². The lowest BCUT2D eigenvalue weighted by Gasteiger charge is -2.40. The van der Waals surface area contributed by atoms with Gasteiger partial charge in [0.2, 0.25) is 0 Å². The topological polar surface area (TPSA) is 110 Å². The average molecular weight is 452 g/mol. The van der Waals surface area contributed by atoms with Gasteiger partial charge in [-0.2, -0.15) is 0 Å². The van der Waals surface area contributed by atoms with E-state index in [0.29, 0.717) is 5.75 Å². The largest absolute Gasteiger partial charge is 0.481 e. The van der Waals surface area contributed by atoms with Crippen molar-refractivity contribution in [2.24, 2.45) is 5.41 Å². The SMILES string of the molecule is CC#CCOc1ccc(S(=O)(=O)CC2(C(=O)OC(C)(C)C)CCN(C(=O)O)CC2)cc1. The van der Waals surface area contributed by atoms with Gasteiger partial charge in [0.25, 0.3) is 0 Å². The van der Waals surface area contributed by atoms with Crippen molar-refractivity contribution in [1.29, 1.82) is 0 Å². The van der Waals surface area contributed by atoms with Crippen molar-refractivity contribution in [3.8, 4) is 17.6 Å². The van der Waals surface area contributed by atoms with E-state index in [9.17, 15) is 23.1 Å². The maximum Gasteiger partial charge on any atom is 0.407 e. The van der Waals surface area contributed by atoms with Gasteiger partial charge in [0, 0.05) is 13.1 Å². The molecular formula is C22H29NO7S. The molecule has 1 N–H and O–H groups in total. The highest BCUT2D eigenvalue weighted by Gasteiger charge is 2.48. The Morgan fingerprint density at radius 3 is 2.23 bits per heavy atom. The molecule has 1 aliphatic heterocycles. The molecule has 1 heterocycles. The molecule has 0 saturated carbocycles. The molecule has 0 atom stereocenters. The zero-order valence-corrected chi connectivity index (χ0v) is 19.1. The van der Waals surface area contributed by atoms with Gasteiger partial charge in [-0.1, -0.05) is 5.92 Å². The number of hydrogen-bond acceptors (Lipinski definition) is 6. The van der Waals surface area contributed by atoms with E-state index in [0.717, 1.165) is 0 Å². The fourth-order valence-corrected chi connectivity index (χ4v) is 5.15. The van der Waals surface area contributed by atoms with Crippen LogP contribution in [0.5, 0.6) is 5.75 Å². The first-order valence-electron chi connectivity index (χ1n) is 9.95. The van der Waals surface area contributed by atoms with E-state index in [4.69, 9.17) is 9.47 Å². The number of benzene rings is 1. The molecule has 0 unspecified atom stereocenters. The second-order valence-corrected chi connectivity index (χ2v) is 10.5. The Labute approximate surface area is 183 Å². The minimum Gasteiger partial charge on any atom is -0.481 e. The van der Waals surface area contributed by atoms with Crippen molar-refractivity contribution in [2.75, 3.05) is 25.4 Å². The van der Waals surface area contributed by atoms with E-state index < -0.39 is 38.7 Å². The molecule has 1 aliphatic rings. The summed E-state index contributed by atoms with van der Waals surface area (Å²) < 4.78 is 37.3. The summed E-state index contributed by atoms with van der Waals surface area (Å²) in [6.07, 6.45) is -0.946. The Hall–Kier alpha value is -2.73. The van der Waals surface area contributed by atoms with Gasteiger partial charge in [-0.25, -0.2) is 13.2 Å². The van der Waals surface area contributed by atoms with Gasteiger partial charge in [-0.3, -0.25) is 4.79 Å². The number of rotatable bonds is 6. The van der Waals surface area contributed by atoms with Gasteiger partial charge >= 0.3 is 12.1 Å². The molecule has 1 saturated heterocycles. The highest BCUT2D eigenvalue weighted by atomic mass is 32.2. The molecule has 9 heteroatoms. The quantitative estimate of drug-likeness (QED) is 0.523. The maximum atomic E-state index is 13.2. The number of hydrogen-bond donors (Lipinski definition) is 1. The van der Waals surface area contributed by atoms with E-state index in [1.165, 1.54) is 29.2 Å². The van der Waals surface area contributed by atoms with Crippen LogP contribution in [0, 0.1) is 17.3 Å². The molecule has 1 amide bonds. The number of ether oxygens (including phenoxy) is 2. The van der Waals surface area contributed by atoms with Crippen molar-refractivity contribution in [1.82, 2.24) is 4.90 Å². The highest BCUT2D eigenvalue weighted by molar-refractivity contribution is 7.91. The van der Waals surface area contributed by atoms with Gasteiger partial charge < -0.3 is 19.5 Å². The third-order valence-corrected chi connectivity index (χ3v) is 6.88. The predicted octanol–water partition coefficient (Wildman–Crippen LogP) is 2.96. The van der Waals surface area contributed by atoms with Crippen LogP contribution in [0.2, 0.25) is 0 Å². The van der Waals surface area contributed by atoms with Crippen molar-refractivity contribution < 1.29 is 32.6 Å². The van der Waals surface area contributed by atoms with E-state index in [1.807, 2.05) is 0 Å². The van der Waals surface area contributed by atoms with Gasteiger partial charge in [-0.15, -0.1) is 5.92 Å². The van der Waals surface area contributed by atoms with Crippen molar-refractivity contribution in [2.45, 2.75) is 51.0 Å². The number of amides is 1. The summed E-state index contributed by atoms with van der Waals surface area (Å²) >= 11 is 0. The zero-order valence-electron chi connectivity index (χ0n) is 18.3. The number of carbonyl (C=O) groups excluding carboxylic acids is 1. The fraction of sp³-hybridized carbons (Fsp3) is 0.545. The lowest BCUT2D eigenvalue weighted by atomic mass is 9.80. The van der Waals surface area contributed by atoms with Gasteiger partial charge in [0.05, 0.1) is 16.1 Å². The van der Waals surface area contributed by atoms with Crippen LogP contribution in [0.15, 0.2) is 29.2 Å². The van der Waals surface area contributed by atoms with Crippen LogP contribution in [0.1, 0.15) is 40.5 Å². The highest BCUT2D eigenvalue weighted by Crippen LogP contribution is 2.37. The molecular weight excluding hydrogens is 422 g/mol. The van der Waals surface area contributed by atoms with Crippen molar-refractivity contribution >= 4 is 21.9 Å². The number of sulfone groups is 1. The van der Waals surface area contributed by atoms with Crippen molar-refractivity contribution in [3.63, 3.8) is 0 Å². The molecule has 8 nitrogen and oxygen atoms in total. The number of esters is 1. The minimum atomic E-state index is -3.85. The summed E-state index contributed by atoms with van der Waals surface area (Å²) in [6, 6.07) is 5.94. The molecule has 31 heavy (non-hydrogen) atoms. The van der Waals surface area contributed by atoms with Crippen LogP contribution in [0.4, 0.5) is 4.79 Å². The van der Waals surface area contributed by atoms with Gasteiger partial charge in [-0.05, 0) is 64.8 Å². The van der Waals surface area contributed by atoms with Crippen LogP contribution in [0.3, 0.4) is 0 Å². The smallest absolute Gasteiger partial charge is 0.407 e. The normalized spacial score (nSPS) is 16.1. The lowest BCUT2D eigenvalue weighted by Crippen LogP contribution is -2.51. The van der Waals surface area contributed by atoms with Crippen LogP contribution in [-0.4, -0.2) is 61.5 Å². The average Bonchev–Trinajstić information content (AvgIpc) is 2.67. The second-order valence-electron chi connectivity index (χ2n) is 8.50. The molecule has 1 aromatic carbocycles. The van der Waals surface area contributed by atoms with Crippen LogP contribution in [-0.2, 0) is 19.4 Å². The number of carboxylic acid groups (broad SMARTS) is 1. The Morgan fingerprint density at radius 2 is 1.74 bits per heavy atom. The van der Waals surface area contributed by atoms with E-state index in [-0.39, 0.29) is 37.4 Å². The molecule has 0 spiro atoms. The Bertz CT molecular complexity index is 958.